The van der Waals surface area contributed by atoms with E-state index in [2.05, 4.69) is 61.2 Å². The van der Waals surface area contributed by atoms with Crippen molar-refractivity contribution in [3.63, 3.8) is 0 Å². The SMILES string of the molecule is CC(C)Oc1ccc(CN2CCCc3cccc(n3)CCCOCC2)cc1. The van der Waals surface area contributed by atoms with E-state index >= 15 is 0 Å². The van der Waals surface area contributed by atoms with Crippen LogP contribution in [0.5, 0.6) is 5.75 Å². The zero-order valence-electron chi connectivity index (χ0n) is 16.7. The van der Waals surface area contributed by atoms with Gasteiger partial charge in [-0.1, -0.05) is 18.2 Å². The first-order valence-corrected chi connectivity index (χ1v) is 10.2. The Balaban J connectivity index is 1.59. The quantitative estimate of drug-likeness (QED) is 0.807. The molecular weight excluding hydrogens is 336 g/mol. The molecule has 0 aliphatic carbocycles. The molecule has 4 heteroatoms. The molecule has 0 fully saturated rings. The highest BCUT2D eigenvalue weighted by atomic mass is 16.5. The van der Waals surface area contributed by atoms with Crippen molar-refractivity contribution >= 4 is 0 Å². The molecule has 0 spiro atoms. The van der Waals surface area contributed by atoms with Gasteiger partial charge in [0.25, 0.3) is 0 Å². The van der Waals surface area contributed by atoms with Gasteiger partial charge in [0.15, 0.2) is 0 Å². The minimum atomic E-state index is 0.208. The van der Waals surface area contributed by atoms with E-state index in [0.29, 0.717) is 0 Å². The highest BCUT2D eigenvalue weighted by Crippen LogP contribution is 2.16. The van der Waals surface area contributed by atoms with Gasteiger partial charge < -0.3 is 9.47 Å². The Bertz CT molecular complexity index is 685. The van der Waals surface area contributed by atoms with Crippen LogP contribution in [0.1, 0.15) is 43.6 Å². The lowest BCUT2D eigenvalue weighted by molar-refractivity contribution is 0.0992. The van der Waals surface area contributed by atoms with Gasteiger partial charge in [-0.2, -0.15) is 0 Å². The van der Waals surface area contributed by atoms with Gasteiger partial charge in [-0.25, -0.2) is 0 Å². The zero-order chi connectivity index (χ0) is 18.9. The second-order valence-corrected chi connectivity index (χ2v) is 7.53. The van der Waals surface area contributed by atoms with E-state index in [1.54, 1.807) is 0 Å². The monoisotopic (exact) mass is 368 g/mol. The second-order valence-electron chi connectivity index (χ2n) is 7.53. The van der Waals surface area contributed by atoms with Crippen molar-refractivity contribution in [1.29, 1.82) is 0 Å². The van der Waals surface area contributed by atoms with Crippen LogP contribution in [0.25, 0.3) is 0 Å². The maximum Gasteiger partial charge on any atom is 0.119 e. The van der Waals surface area contributed by atoms with Gasteiger partial charge in [-0.15, -0.1) is 0 Å². The summed E-state index contributed by atoms with van der Waals surface area (Å²) < 4.78 is 11.6. The Morgan fingerprint density at radius 1 is 0.963 bits per heavy atom. The molecule has 2 aromatic rings. The number of nitrogens with zero attached hydrogens (tertiary/aromatic N) is 2. The summed E-state index contributed by atoms with van der Waals surface area (Å²) in [6.07, 6.45) is 4.40. The molecule has 0 atom stereocenters. The molecule has 0 saturated heterocycles. The molecule has 2 bridgehead atoms. The molecule has 4 nitrogen and oxygen atoms in total. The lowest BCUT2D eigenvalue weighted by Crippen LogP contribution is -2.28. The third-order valence-corrected chi connectivity index (χ3v) is 4.75. The van der Waals surface area contributed by atoms with Gasteiger partial charge in [0, 0.05) is 31.1 Å². The van der Waals surface area contributed by atoms with Crippen molar-refractivity contribution in [2.24, 2.45) is 0 Å². The summed E-state index contributed by atoms with van der Waals surface area (Å²) in [6, 6.07) is 14.9. The van der Waals surface area contributed by atoms with Crippen LogP contribution in [0.15, 0.2) is 42.5 Å². The number of hydrogen-bond acceptors (Lipinski definition) is 4. The summed E-state index contributed by atoms with van der Waals surface area (Å²) in [6.45, 7) is 8.67. The largest absolute Gasteiger partial charge is 0.491 e. The molecular formula is C23H32N2O2. The average Bonchev–Trinajstić information content (AvgIpc) is 2.66. The summed E-state index contributed by atoms with van der Waals surface area (Å²) in [5, 5.41) is 0. The summed E-state index contributed by atoms with van der Waals surface area (Å²) >= 11 is 0. The van der Waals surface area contributed by atoms with E-state index in [9.17, 15) is 0 Å². The highest BCUT2D eigenvalue weighted by molar-refractivity contribution is 5.27. The third kappa shape index (κ3) is 6.96. The van der Waals surface area contributed by atoms with Gasteiger partial charge in [0.1, 0.15) is 5.75 Å². The fourth-order valence-electron chi connectivity index (χ4n) is 3.42. The average molecular weight is 369 g/mol. The topological polar surface area (TPSA) is 34.6 Å². The van der Waals surface area contributed by atoms with Crippen LogP contribution < -0.4 is 4.74 Å². The first-order chi connectivity index (χ1) is 13.2. The van der Waals surface area contributed by atoms with E-state index in [-0.39, 0.29) is 6.10 Å². The van der Waals surface area contributed by atoms with Crippen LogP contribution in [0.3, 0.4) is 0 Å². The summed E-state index contributed by atoms with van der Waals surface area (Å²) in [5.74, 6) is 0.938. The van der Waals surface area contributed by atoms with E-state index in [1.807, 2.05) is 0 Å². The van der Waals surface area contributed by atoms with Crippen molar-refractivity contribution in [2.75, 3.05) is 26.3 Å². The predicted molar refractivity (Wildman–Crippen MR) is 109 cm³/mol. The number of aryl methyl sites for hydroxylation is 2. The number of pyridine rings is 1. The Morgan fingerprint density at radius 3 is 2.44 bits per heavy atom. The van der Waals surface area contributed by atoms with Crippen LogP contribution in [0.4, 0.5) is 0 Å². The maximum atomic E-state index is 5.86. The molecule has 1 aromatic heterocycles. The summed E-state index contributed by atoms with van der Waals surface area (Å²) in [7, 11) is 0. The predicted octanol–water partition coefficient (Wildman–Crippen LogP) is 4.27. The maximum absolute atomic E-state index is 5.86. The first kappa shape index (κ1) is 19.8. The van der Waals surface area contributed by atoms with E-state index < -0.39 is 0 Å². The Morgan fingerprint density at radius 2 is 1.70 bits per heavy atom. The van der Waals surface area contributed by atoms with Gasteiger partial charge in [0.2, 0.25) is 0 Å². The van der Waals surface area contributed by atoms with Gasteiger partial charge in [0.05, 0.1) is 12.7 Å². The van der Waals surface area contributed by atoms with Crippen LogP contribution in [0.2, 0.25) is 0 Å². The van der Waals surface area contributed by atoms with Gasteiger partial charge in [-0.05, 0) is 75.9 Å². The van der Waals surface area contributed by atoms with Crippen molar-refractivity contribution in [2.45, 2.75) is 52.2 Å². The molecule has 3 rings (SSSR count). The smallest absolute Gasteiger partial charge is 0.119 e. The molecule has 27 heavy (non-hydrogen) atoms. The Labute approximate surface area is 163 Å². The number of fused-ring (bicyclic) bond motifs is 2. The number of benzene rings is 1. The lowest BCUT2D eigenvalue weighted by Gasteiger charge is -2.22. The minimum Gasteiger partial charge on any atom is -0.491 e. The molecule has 1 aromatic carbocycles. The zero-order valence-corrected chi connectivity index (χ0v) is 16.7. The molecule has 146 valence electrons. The highest BCUT2D eigenvalue weighted by Gasteiger charge is 2.09. The standard InChI is InChI=1S/C23H32N2O2/c1-19(2)27-23-12-10-20(11-13-23)18-25-14-4-8-21-6-3-7-22(24-21)9-5-16-26-17-15-25/h3,6-7,10-13,19H,4-5,8-9,14-18H2,1-2H3. The van der Waals surface area contributed by atoms with Gasteiger partial charge >= 0.3 is 0 Å². The normalized spacial score (nSPS) is 17.0. The Hall–Kier alpha value is -1.91. The molecule has 0 amide bonds. The number of hydrogen-bond donors (Lipinski definition) is 0. The molecule has 0 unspecified atom stereocenters. The Kier molecular flexibility index (Phi) is 7.66. The molecule has 0 N–H and O–H groups in total. The molecule has 1 aliphatic rings. The van der Waals surface area contributed by atoms with Crippen molar-refractivity contribution < 1.29 is 9.47 Å². The van der Waals surface area contributed by atoms with Gasteiger partial charge in [-0.3, -0.25) is 9.88 Å². The molecule has 1 aliphatic heterocycles. The molecule has 2 heterocycles. The van der Waals surface area contributed by atoms with Crippen LogP contribution in [0, 0.1) is 0 Å². The summed E-state index contributed by atoms with van der Waals surface area (Å²) in [4.78, 5) is 7.28. The first-order valence-electron chi connectivity index (χ1n) is 10.2. The minimum absolute atomic E-state index is 0.208. The van der Waals surface area contributed by atoms with Crippen molar-refractivity contribution in [3.05, 3.63) is 59.4 Å². The van der Waals surface area contributed by atoms with Crippen LogP contribution in [-0.2, 0) is 24.1 Å². The number of ether oxygens (including phenoxy) is 2. The summed E-state index contributed by atoms with van der Waals surface area (Å²) in [5.41, 5.74) is 3.72. The lowest BCUT2D eigenvalue weighted by atomic mass is 10.1. The molecule has 0 saturated carbocycles. The van der Waals surface area contributed by atoms with E-state index in [1.165, 1.54) is 17.0 Å². The second kappa shape index (κ2) is 10.4. The van der Waals surface area contributed by atoms with Crippen molar-refractivity contribution in [1.82, 2.24) is 9.88 Å². The fourth-order valence-corrected chi connectivity index (χ4v) is 3.42. The third-order valence-electron chi connectivity index (χ3n) is 4.75. The van der Waals surface area contributed by atoms with Crippen molar-refractivity contribution in [3.8, 4) is 5.75 Å². The molecule has 0 radical (unpaired) electrons. The van der Waals surface area contributed by atoms with Crippen LogP contribution >= 0.6 is 0 Å². The number of aromatic nitrogens is 1. The fraction of sp³-hybridized carbons (Fsp3) is 0.522. The van der Waals surface area contributed by atoms with Crippen LogP contribution in [-0.4, -0.2) is 42.3 Å². The van der Waals surface area contributed by atoms with E-state index in [4.69, 9.17) is 14.5 Å². The van der Waals surface area contributed by atoms with E-state index in [0.717, 1.165) is 64.3 Å². The number of rotatable bonds is 4.